The number of methoxy groups -OCH3 is 1. The molecule has 24 heavy (non-hydrogen) atoms. The normalized spacial score (nSPS) is 21.1. The Hall–Kier alpha value is -1.39. The fourth-order valence-corrected chi connectivity index (χ4v) is 3.91. The number of Topliss-reactive ketones (excluding diaryl/α,β-unsaturated/α-hetero) is 1. The van der Waals surface area contributed by atoms with E-state index >= 15 is 0 Å². The van der Waals surface area contributed by atoms with Crippen LogP contribution in [0.3, 0.4) is 0 Å². The Kier molecular flexibility index (Phi) is 6.81. The van der Waals surface area contributed by atoms with Gasteiger partial charge in [-0.15, -0.1) is 0 Å². The summed E-state index contributed by atoms with van der Waals surface area (Å²) in [4.78, 5) is 26.3. The zero-order valence-corrected chi connectivity index (χ0v) is 15.3. The molecule has 1 aromatic rings. The highest BCUT2D eigenvalue weighted by molar-refractivity contribution is 6.31. The Bertz CT molecular complexity index is 590. The van der Waals surface area contributed by atoms with E-state index in [9.17, 15) is 9.59 Å². The van der Waals surface area contributed by atoms with Crippen LogP contribution in [0.25, 0.3) is 0 Å². The largest absolute Gasteiger partial charge is 0.469 e. The number of esters is 1. The summed E-state index contributed by atoms with van der Waals surface area (Å²) < 4.78 is 4.67. The average molecular weight is 352 g/mol. The van der Waals surface area contributed by atoms with Gasteiger partial charge in [-0.05, 0) is 50.9 Å². The molecule has 0 amide bonds. The first-order valence-electron chi connectivity index (χ1n) is 8.58. The predicted octanol–water partition coefficient (Wildman–Crippen LogP) is 3.95. The van der Waals surface area contributed by atoms with Gasteiger partial charge in [0.15, 0.2) is 5.78 Å². The summed E-state index contributed by atoms with van der Waals surface area (Å²) in [5, 5.41) is 0.647. The highest BCUT2D eigenvalue weighted by Gasteiger charge is 2.45. The number of ketones is 1. The molecule has 0 radical (unpaired) electrons. The van der Waals surface area contributed by atoms with E-state index in [-0.39, 0.29) is 11.8 Å². The van der Waals surface area contributed by atoms with Crippen molar-refractivity contribution in [2.75, 3.05) is 20.7 Å². The molecule has 0 N–H and O–H groups in total. The van der Waals surface area contributed by atoms with E-state index in [4.69, 9.17) is 11.6 Å². The molecule has 1 aromatic carbocycles. The van der Waals surface area contributed by atoms with Crippen LogP contribution in [0.15, 0.2) is 24.3 Å². The SMILES string of the molecule is COC(=O)CCCCN(C)C1(c2ccccc2Cl)CCCCC1=O. The number of carbonyl (C=O) groups excluding carboxylic acids is 2. The first-order chi connectivity index (χ1) is 11.5. The van der Waals surface area contributed by atoms with Gasteiger partial charge in [-0.1, -0.05) is 36.2 Å². The zero-order valence-electron chi connectivity index (χ0n) is 14.5. The van der Waals surface area contributed by atoms with Gasteiger partial charge in [-0.2, -0.15) is 0 Å². The minimum absolute atomic E-state index is 0.188. The summed E-state index contributed by atoms with van der Waals surface area (Å²) >= 11 is 6.44. The molecular weight excluding hydrogens is 326 g/mol. The van der Waals surface area contributed by atoms with Gasteiger partial charge in [-0.3, -0.25) is 14.5 Å². The molecule has 4 nitrogen and oxygen atoms in total. The van der Waals surface area contributed by atoms with E-state index in [1.165, 1.54) is 7.11 Å². The van der Waals surface area contributed by atoms with Crippen molar-refractivity contribution < 1.29 is 14.3 Å². The lowest BCUT2D eigenvalue weighted by molar-refractivity contribution is -0.141. The maximum Gasteiger partial charge on any atom is 0.305 e. The molecule has 1 saturated carbocycles. The van der Waals surface area contributed by atoms with Crippen molar-refractivity contribution in [3.63, 3.8) is 0 Å². The minimum atomic E-state index is -0.637. The van der Waals surface area contributed by atoms with Crippen LogP contribution in [-0.4, -0.2) is 37.4 Å². The van der Waals surface area contributed by atoms with Crippen LogP contribution in [0, 0.1) is 0 Å². The van der Waals surface area contributed by atoms with Crippen LogP contribution in [0.1, 0.15) is 50.5 Å². The average Bonchev–Trinajstić information content (AvgIpc) is 2.59. The number of hydrogen-bond donors (Lipinski definition) is 0. The van der Waals surface area contributed by atoms with Crippen molar-refractivity contribution in [2.45, 2.75) is 50.5 Å². The summed E-state index contributed by atoms with van der Waals surface area (Å²) in [6, 6.07) is 7.65. The van der Waals surface area contributed by atoms with Crippen molar-refractivity contribution in [1.29, 1.82) is 0 Å². The lowest BCUT2D eigenvalue weighted by Crippen LogP contribution is -2.52. The number of nitrogens with zero attached hydrogens (tertiary/aromatic N) is 1. The standard InChI is InChI=1S/C19H26ClNO3/c1-21(14-8-6-12-18(23)24-2)19(13-7-5-11-17(19)22)15-9-3-4-10-16(15)20/h3-4,9-10H,5-8,11-14H2,1-2H3. The second-order valence-electron chi connectivity index (χ2n) is 6.43. The van der Waals surface area contributed by atoms with E-state index in [0.717, 1.165) is 44.2 Å². The Labute approximate surface area is 149 Å². The molecule has 0 aromatic heterocycles. The summed E-state index contributed by atoms with van der Waals surface area (Å²) in [6.07, 6.45) is 5.36. The summed E-state index contributed by atoms with van der Waals surface area (Å²) in [6.45, 7) is 0.744. The molecule has 1 aliphatic rings. The number of unbranched alkanes of at least 4 members (excludes halogenated alkanes) is 1. The van der Waals surface area contributed by atoms with Gasteiger partial charge in [-0.25, -0.2) is 0 Å². The molecule has 1 aliphatic carbocycles. The highest BCUT2D eigenvalue weighted by Crippen LogP contribution is 2.42. The van der Waals surface area contributed by atoms with Crippen LogP contribution in [0.2, 0.25) is 5.02 Å². The van der Waals surface area contributed by atoms with Gasteiger partial charge in [0, 0.05) is 17.9 Å². The topological polar surface area (TPSA) is 46.6 Å². The molecule has 2 rings (SSSR count). The lowest BCUT2D eigenvalue weighted by atomic mass is 9.74. The monoisotopic (exact) mass is 351 g/mol. The van der Waals surface area contributed by atoms with Gasteiger partial charge in [0.25, 0.3) is 0 Å². The molecule has 132 valence electrons. The summed E-state index contributed by atoms with van der Waals surface area (Å²) in [5.41, 5.74) is 0.272. The van der Waals surface area contributed by atoms with Crippen LogP contribution < -0.4 is 0 Å². The third-order valence-corrected chi connectivity index (χ3v) is 5.31. The molecule has 0 aliphatic heterocycles. The number of likely N-dealkylation sites (N-methyl/N-ethyl adjacent to an activating group) is 1. The van der Waals surface area contributed by atoms with E-state index in [2.05, 4.69) is 9.64 Å². The first-order valence-corrected chi connectivity index (χ1v) is 8.96. The highest BCUT2D eigenvalue weighted by atomic mass is 35.5. The van der Waals surface area contributed by atoms with Crippen molar-refractivity contribution in [2.24, 2.45) is 0 Å². The van der Waals surface area contributed by atoms with E-state index in [1.54, 1.807) is 0 Å². The van der Waals surface area contributed by atoms with Gasteiger partial charge in [0.1, 0.15) is 5.54 Å². The van der Waals surface area contributed by atoms with Crippen molar-refractivity contribution in [1.82, 2.24) is 4.90 Å². The lowest BCUT2D eigenvalue weighted by Gasteiger charge is -2.44. The maximum absolute atomic E-state index is 12.9. The van der Waals surface area contributed by atoms with E-state index in [0.29, 0.717) is 17.9 Å². The van der Waals surface area contributed by atoms with Crippen molar-refractivity contribution in [3.8, 4) is 0 Å². The maximum atomic E-state index is 12.9. The van der Waals surface area contributed by atoms with Crippen LogP contribution in [0.5, 0.6) is 0 Å². The quantitative estimate of drug-likeness (QED) is 0.551. The third-order valence-electron chi connectivity index (χ3n) is 4.98. The second-order valence-corrected chi connectivity index (χ2v) is 6.83. The summed E-state index contributed by atoms with van der Waals surface area (Å²) in [7, 11) is 3.40. The fourth-order valence-electron chi connectivity index (χ4n) is 3.61. The minimum Gasteiger partial charge on any atom is -0.469 e. The van der Waals surface area contributed by atoms with Gasteiger partial charge in [0.05, 0.1) is 7.11 Å². The van der Waals surface area contributed by atoms with Gasteiger partial charge < -0.3 is 4.74 Å². The van der Waals surface area contributed by atoms with Crippen molar-refractivity contribution in [3.05, 3.63) is 34.9 Å². The Morgan fingerprint density at radius 3 is 2.71 bits per heavy atom. The molecule has 1 unspecified atom stereocenters. The number of rotatable bonds is 7. The molecule has 1 atom stereocenters. The van der Waals surface area contributed by atoms with E-state index < -0.39 is 5.54 Å². The summed E-state index contributed by atoms with van der Waals surface area (Å²) in [5.74, 6) is 0.0598. The molecule has 1 fully saturated rings. The Morgan fingerprint density at radius 1 is 1.29 bits per heavy atom. The van der Waals surface area contributed by atoms with E-state index in [1.807, 2.05) is 31.3 Å². The number of ether oxygens (including phenoxy) is 1. The number of carbonyl (C=O) groups is 2. The molecule has 0 saturated heterocycles. The smallest absolute Gasteiger partial charge is 0.305 e. The predicted molar refractivity (Wildman–Crippen MR) is 95.1 cm³/mol. The molecule has 5 heteroatoms. The molecule has 0 spiro atoms. The zero-order chi connectivity index (χ0) is 17.6. The van der Waals surface area contributed by atoms with Crippen LogP contribution in [-0.2, 0) is 19.9 Å². The molecule has 0 bridgehead atoms. The van der Waals surface area contributed by atoms with Crippen LogP contribution >= 0.6 is 11.6 Å². The van der Waals surface area contributed by atoms with Crippen molar-refractivity contribution >= 4 is 23.4 Å². The molecular formula is C19H26ClNO3. The molecule has 0 heterocycles. The van der Waals surface area contributed by atoms with Gasteiger partial charge in [0.2, 0.25) is 0 Å². The fraction of sp³-hybridized carbons (Fsp3) is 0.579. The number of hydrogen-bond acceptors (Lipinski definition) is 4. The Morgan fingerprint density at radius 2 is 2.04 bits per heavy atom. The Balaban J connectivity index is 2.16. The van der Waals surface area contributed by atoms with Crippen LogP contribution in [0.4, 0.5) is 0 Å². The first kappa shape index (κ1) is 18.9. The van der Waals surface area contributed by atoms with Gasteiger partial charge >= 0.3 is 5.97 Å². The third kappa shape index (κ3) is 3.98. The second kappa shape index (κ2) is 8.63. The number of halogens is 1. The number of benzene rings is 1.